The Morgan fingerprint density at radius 3 is 2.29 bits per heavy atom. The number of amides is 1. The first-order chi connectivity index (χ1) is 7.99. The van der Waals surface area contributed by atoms with Crippen LogP contribution in [0.1, 0.15) is 25.8 Å². The van der Waals surface area contributed by atoms with Gasteiger partial charge < -0.3 is 5.11 Å². The zero-order chi connectivity index (χ0) is 12.8. The van der Waals surface area contributed by atoms with Gasteiger partial charge in [-0.3, -0.25) is 10.1 Å². The van der Waals surface area contributed by atoms with Crippen molar-refractivity contribution < 1.29 is 14.7 Å². The first-order valence-corrected chi connectivity index (χ1v) is 5.60. The first-order valence-electron chi connectivity index (χ1n) is 5.60. The van der Waals surface area contributed by atoms with Crippen LogP contribution in [0.2, 0.25) is 0 Å². The lowest BCUT2D eigenvalue weighted by Gasteiger charge is -2.05. The van der Waals surface area contributed by atoms with E-state index in [0.717, 1.165) is 5.56 Å². The Bertz CT molecular complexity index is 396. The molecule has 1 aromatic rings. The molecule has 2 N–H and O–H groups in total. The molecule has 0 heterocycles. The van der Waals surface area contributed by atoms with Crippen molar-refractivity contribution in [2.24, 2.45) is 5.92 Å². The monoisotopic (exact) mass is 235 g/mol. The second-order valence-corrected chi connectivity index (χ2v) is 4.25. The Labute approximate surface area is 101 Å². The topological polar surface area (TPSA) is 66.4 Å². The lowest BCUT2D eigenvalue weighted by atomic mass is 10.0. The highest BCUT2D eigenvalue weighted by molar-refractivity contribution is 5.83. The second kappa shape index (κ2) is 6.03. The molecule has 0 unspecified atom stereocenters. The molecule has 1 aromatic carbocycles. The average Bonchev–Trinajstić information content (AvgIpc) is 2.26. The fraction of sp³-hybridized carbons (Fsp3) is 0.385. The zero-order valence-electron chi connectivity index (χ0n) is 10.1. The summed E-state index contributed by atoms with van der Waals surface area (Å²) in [5.41, 5.74) is 1.58. The van der Waals surface area contributed by atoms with Crippen molar-refractivity contribution >= 4 is 17.6 Å². The van der Waals surface area contributed by atoms with Crippen molar-refractivity contribution in [2.75, 3.05) is 5.32 Å². The molecule has 0 aliphatic rings. The number of rotatable bonds is 5. The zero-order valence-corrected chi connectivity index (χ0v) is 10.1. The van der Waals surface area contributed by atoms with Crippen molar-refractivity contribution in [3.8, 4) is 0 Å². The predicted molar refractivity (Wildman–Crippen MR) is 66.3 cm³/mol. The van der Waals surface area contributed by atoms with E-state index in [1.807, 2.05) is 26.0 Å². The molecule has 0 saturated carbocycles. The molecule has 0 bridgehead atoms. The summed E-state index contributed by atoms with van der Waals surface area (Å²) < 4.78 is 0. The van der Waals surface area contributed by atoms with Gasteiger partial charge in [-0.15, -0.1) is 0 Å². The molecule has 0 aliphatic heterocycles. The van der Waals surface area contributed by atoms with Crippen molar-refractivity contribution in [3.63, 3.8) is 0 Å². The summed E-state index contributed by atoms with van der Waals surface area (Å²) in [4.78, 5) is 21.8. The van der Waals surface area contributed by atoms with E-state index in [1.165, 1.54) is 0 Å². The number of carbonyl (C=O) groups is 2. The number of carbonyl (C=O) groups excluding carboxylic acids is 1. The van der Waals surface area contributed by atoms with Gasteiger partial charge in [-0.1, -0.05) is 26.0 Å². The highest BCUT2D eigenvalue weighted by Crippen LogP contribution is 2.12. The third-order valence-electron chi connectivity index (χ3n) is 2.51. The molecule has 1 rings (SSSR count). The second-order valence-electron chi connectivity index (χ2n) is 4.25. The summed E-state index contributed by atoms with van der Waals surface area (Å²) in [6, 6.07) is 7.06. The highest BCUT2D eigenvalue weighted by Gasteiger charge is 2.07. The Morgan fingerprint density at radius 2 is 1.82 bits per heavy atom. The first kappa shape index (κ1) is 13.2. The van der Waals surface area contributed by atoms with Gasteiger partial charge in [-0.2, -0.15) is 0 Å². The number of benzene rings is 1. The number of anilines is 1. The van der Waals surface area contributed by atoms with E-state index in [2.05, 4.69) is 5.32 Å². The van der Waals surface area contributed by atoms with Gasteiger partial charge in [0.2, 0.25) is 0 Å². The lowest BCUT2D eigenvalue weighted by molar-refractivity contribution is -0.121. The van der Waals surface area contributed by atoms with Crippen LogP contribution < -0.4 is 5.32 Å². The van der Waals surface area contributed by atoms with Crippen LogP contribution in [0.5, 0.6) is 0 Å². The molecule has 0 spiro atoms. The number of aryl methyl sites for hydroxylation is 1. The molecule has 0 aliphatic carbocycles. The smallest absolute Gasteiger partial charge is 0.409 e. The summed E-state index contributed by atoms with van der Waals surface area (Å²) in [6.07, 6.45) is 0.154. The van der Waals surface area contributed by atoms with Crippen LogP contribution in [0.25, 0.3) is 0 Å². The number of carboxylic acid groups (broad SMARTS) is 1. The fourth-order valence-corrected chi connectivity index (χ4v) is 1.43. The summed E-state index contributed by atoms with van der Waals surface area (Å²) in [7, 11) is 0. The van der Waals surface area contributed by atoms with Gasteiger partial charge in [-0.05, 0) is 24.1 Å². The average molecular weight is 235 g/mol. The summed E-state index contributed by atoms with van der Waals surface area (Å²) in [5, 5.41) is 10.8. The summed E-state index contributed by atoms with van der Waals surface area (Å²) in [5.74, 6) is 0.320. The van der Waals surface area contributed by atoms with Gasteiger partial charge in [-0.25, -0.2) is 4.79 Å². The minimum atomic E-state index is -1.08. The number of Topliss-reactive ketones (excluding diaryl/α,β-unsaturated/α-hetero) is 1. The van der Waals surface area contributed by atoms with Crippen LogP contribution in [-0.2, 0) is 11.2 Å². The van der Waals surface area contributed by atoms with Gasteiger partial charge in [0.15, 0.2) is 0 Å². The van der Waals surface area contributed by atoms with Gasteiger partial charge in [0.1, 0.15) is 5.78 Å². The maximum atomic E-state index is 11.4. The summed E-state index contributed by atoms with van der Waals surface area (Å²) in [6.45, 7) is 3.78. The van der Waals surface area contributed by atoms with E-state index >= 15 is 0 Å². The quantitative estimate of drug-likeness (QED) is 0.824. The maximum absolute atomic E-state index is 11.4. The van der Waals surface area contributed by atoms with E-state index < -0.39 is 6.09 Å². The minimum absolute atomic E-state index is 0.0722. The van der Waals surface area contributed by atoms with E-state index in [9.17, 15) is 9.59 Å². The molecule has 4 nitrogen and oxygen atoms in total. The van der Waals surface area contributed by atoms with Gasteiger partial charge in [0, 0.05) is 18.0 Å². The Morgan fingerprint density at radius 1 is 1.24 bits per heavy atom. The molecule has 92 valence electrons. The minimum Gasteiger partial charge on any atom is -0.465 e. The van der Waals surface area contributed by atoms with E-state index in [1.54, 1.807) is 12.1 Å². The molecule has 17 heavy (non-hydrogen) atoms. The lowest BCUT2D eigenvalue weighted by Crippen LogP contribution is -2.08. The Kier molecular flexibility index (Phi) is 4.69. The van der Waals surface area contributed by atoms with Crippen LogP contribution in [0.4, 0.5) is 10.5 Å². The molecule has 0 atom stereocenters. The van der Waals surface area contributed by atoms with Gasteiger partial charge in [0.25, 0.3) is 0 Å². The van der Waals surface area contributed by atoms with Crippen molar-refractivity contribution in [2.45, 2.75) is 26.7 Å². The number of ketones is 1. The molecule has 0 aromatic heterocycles. The maximum Gasteiger partial charge on any atom is 0.409 e. The molecule has 0 radical (unpaired) electrons. The Hall–Kier alpha value is -1.84. The molecule has 0 saturated heterocycles. The van der Waals surface area contributed by atoms with E-state index in [4.69, 9.17) is 5.11 Å². The highest BCUT2D eigenvalue weighted by atomic mass is 16.4. The molecular formula is C13H17NO3. The van der Waals surface area contributed by atoms with E-state index in [-0.39, 0.29) is 11.7 Å². The van der Waals surface area contributed by atoms with Crippen LogP contribution in [0.3, 0.4) is 0 Å². The molecular weight excluding hydrogens is 218 g/mol. The van der Waals surface area contributed by atoms with Crippen molar-refractivity contribution in [3.05, 3.63) is 29.8 Å². The molecule has 1 amide bonds. The SMILES string of the molecule is CC(C)C(=O)CCc1ccc(NC(=O)O)cc1. The third-order valence-corrected chi connectivity index (χ3v) is 2.51. The standard InChI is InChI=1S/C13H17NO3/c1-9(2)12(15)8-5-10-3-6-11(7-4-10)14-13(16)17/h3-4,6-7,9,14H,5,8H2,1-2H3,(H,16,17). The number of nitrogens with one attached hydrogen (secondary N) is 1. The van der Waals surface area contributed by atoms with Crippen molar-refractivity contribution in [1.82, 2.24) is 0 Å². The number of hydrogen-bond donors (Lipinski definition) is 2. The normalized spacial score (nSPS) is 10.3. The van der Waals surface area contributed by atoms with Crippen molar-refractivity contribution in [1.29, 1.82) is 0 Å². The van der Waals surface area contributed by atoms with Gasteiger partial charge in [0.05, 0.1) is 0 Å². The predicted octanol–water partition coefficient (Wildman–Crippen LogP) is 2.93. The largest absolute Gasteiger partial charge is 0.465 e. The Balaban J connectivity index is 2.51. The van der Waals surface area contributed by atoms with Crippen LogP contribution in [-0.4, -0.2) is 17.0 Å². The van der Waals surface area contributed by atoms with Gasteiger partial charge >= 0.3 is 6.09 Å². The third kappa shape index (κ3) is 4.68. The van der Waals surface area contributed by atoms with E-state index in [0.29, 0.717) is 18.5 Å². The summed E-state index contributed by atoms with van der Waals surface area (Å²) >= 11 is 0. The fourth-order valence-electron chi connectivity index (χ4n) is 1.43. The molecule has 4 heteroatoms. The van der Waals surface area contributed by atoms with Crippen LogP contribution >= 0.6 is 0 Å². The number of hydrogen-bond acceptors (Lipinski definition) is 2. The molecule has 0 fully saturated rings. The van der Waals surface area contributed by atoms with Crippen LogP contribution in [0.15, 0.2) is 24.3 Å². The van der Waals surface area contributed by atoms with Crippen LogP contribution in [0, 0.1) is 5.92 Å².